The van der Waals surface area contributed by atoms with Gasteiger partial charge in [-0.2, -0.15) is 10.2 Å². The van der Waals surface area contributed by atoms with Gasteiger partial charge in [0.15, 0.2) is 0 Å². The average molecular weight is 811 g/mol. The van der Waals surface area contributed by atoms with Crippen LogP contribution in [0, 0.1) is 0 Å². The highest BCUT2D eigenvalue weighted by atomic mass is 33.1. The van der Waals surface area contributed by atoms with Gasteiger partial charge in [0.25, 0.3) is 0 Å². The number of amides is 2. The fourth-order valence-electron chi connectivity index (χ4n) is 8.14. The van der Waals surface area contributed by atoms with Gasteiger partial charge in [0.05, 0.1) is 60.0 Å². The maximum atomic E-state index is 14.1. The summed E-state index contributed by atoms with van der Waals surface area (Å²) in [5.41, 5.74) is 21.8. The summed E-state index contributed by atoms with van der Waals surface area (Å²) in [4.78, 5) is 32.1. The van der Waals surface area contributed by atoms with Crippen molar-refractivity contribution in [1.29, 1.82) is 0 Å². The molecule has 12 heteroatoms. The number of carbonyl (C=O) groups excluding carboxylic acids is 2. The van der Waals surface area contributed by atoms with Crippen LogP contribution in [-0.4, -0.2) is 77.9 Å². The van der Waals surface area contributed by atoms with E-state index in [2.05, 4.69) is 94.3 Å². The van der Waals surface area contributed by atoms with E-state index < -0.39 is 12.1 Å². The Bertz CT molecular complexity index is 2110. The van der Waals surface area contributed by atoms with E-state index in [9.17, 15) is 9.59 Å². The monoisotopic (exact) mass is 810 g/mol. The maximum absolute atomic E-state index is 14.1. The number of aryl methyl sites for hydroxylation is 2. The van der Waals surface area contributed by atoms with Gasteiger partial charge in [-0.25, -0.2) is 0 Å². The van der Waals surface area contributed by atoms with Crippen molar-refractivity contribution in [1.82, 2.24) is 29.4 Å². The van der Waals surface area contributed by atoms with Crippen molar-refractivity contribution in [3.05, 3.63) is 156 Å². The molecule has 6 aromatic rings. The highest BCUT2D eigenvalue weighted by Gasteiger charge is 2.36. The summed E-state index contributed by atoms with van der Waals surface area (Å²) in [5, 5.41) is 9.87. The fraction of sp³-hybridized carbons (Fsp3) is 0.304. The van der Waals surface area contributed by atoms with Crippen LogP contribution < -0.4 is 11.5 Å². The number of benzene rings is 4. The van der Waals surface area contributed by atoms with Gasteiger partial charge in [0.2, 0.25) is 11.8 Å². The van der Waals surface area contributed by atoms with Gasteiger partial charge in [0.1, 0.15) is 0 Å². The number of nitrogens with zero attached hydrogens (tertiary/aromatic N) is 6. The second kappa shape index (κ2) is 18.6. The summed E-state index contributed by atoms with van der Waals surface area (Å²) in [6, 6.07) is 43.6. The zero-order valence-corrected chi connectivity index (χ0v) is 34.2. The molecule has 10 nitrogen and oxygen atoms in total. The minimum Gasteiger partial charge on any atom is -0.331 e. The van der Waals surface area contributed by atoms with Gasteiger partial charge in [-0.15, -0.1) is 0 Å². The van der Waals surface area contributed by atoms with Crippen molar-refractivity contribution >= 4 is 33.4 Å². The van der Waals surface area contributed by atoms with Crippen LogP contribution in [0.15, 0.2) is 133 Å². The van der Waals surface area contributed by atoms with E-state index in [1.165, 1.54) is 32.7 Å². The van der Waals surface area contributed by atoms with Gasteiger partial charge < -0.3 is 21.3 Å². The van der Waals surface area contributed by atoms with Crippen LogP contribution in [0.5, 0.6) is 0 Å². The van der Waals surface area contributed by atoms with Crippen LogP contribution in [0.3, 0.4) is 0 Å². The molecule has 0 aliphatic carbocycles. The summed E-state index contributed by atoms with van der Waals surface area (Å²) in [7, 11) is 3.01. The van der Waals surface area contributed by atoms with Gasteiger partial charge in [-0.05, 0) is 48.9 Å². The Morgan fingerprint density at radius 2 is 0.914 bits per heavy atom. The Labute approximate surface area is 348 Å². The fourth-order valence-corrected chi connectivity index (χ4v) is 10.4. The topological polar surface area (TPSA) is 128 Å². The molecule has 0 radical (unpaired) electrons. The lowest BCUT2D eigenvalue weighted by atomic mass is 9.98. The predicted octanol–water partition coefficient (Wildman–Crippen LogP) is 7.18. The number of fused-ring (bicyclic) bond motifs is 2. The highest BCUT2D eigenvalue weighted by molar-refractivity contribution is 8.76. The molecule has 2 aliphatic rings. The molecular weight excluding hydrogens is 761 g/mol. The molecule has 0 saturated heterocycles. The van der Waals surface area contributed by atoms with E-state index in [0.29, 0.717) is 37.7 Å². The molecule has 4 aromatic carbocycles. The molecule has 2 unspecified atom stereocenters. The minimum absolute atomic E-state index is 0.0682. The Balaban J connectivity index is 0.898. The summed E-state index contributed by atoms with van der Waals surface area (Å²) in [5.74, 6) is 0.680. The summed E-state index contributed by atoms with van der Waals surface area (Å²) in [6.07, 6.45) is 3.18. The van der Waals surface area contributed by atoms with Crippen molar-refractivity contribution in [2.75, 3.05) is 24.6 Å². The Kier molecular flexibility index (Phi) is 12.7. The van der Waals surface area contributed by atoms with E-state index in [4.69, 9.17) is 21.7 Å². The largest absolute Gasteiger partial charge is 0.331 e. The SMILES string of the molecule is N[C@@H](CSSC[C@H](N)C(=O)N1CCn2nc(-c3ccccc3)cc2C1CCc1ccccc1)C(=O)N1CCn2nc(-c3ccccc3)cc2C1CCc1ccccc1. The lowest BCUT2D eigenvalue weighted by Gasteiger charge is -2.38. The quantitative estimate of drug-likeness (QED) is 0.0825. The van der Waals surface area contributed by atoms with E-state index in [1.54, 1.807) is 0 Å². The van der Waals surface area contributed by atoms with Crippen LogP contribution in [0.4, 0.5) is 0 Å². The van der Waals surface area contributed by atoms with Gasteiger partial charge in [0, 0.05) is 35.7 Å². The molecule has 58 heavy (non-hydrogen) atoms. The molecule has 8 rings (SSSR count). The Morgan fingerprint density at radius 1 is 0.552 bits per heavy atom. The van der Waals surface area contributed by atoms with Crippen molar-refractivity contribution in [2.24, 2.45) is 11.5 Å². The van der Waals surface area contributed by atoms with E-state index in [-0.39, 0.29) is 23.9 Å². The van der Waals surface area contributed by atoms with Gasteiger partial charge in [-0.3, -0.25) is 19.0 Å². The molecule has 0 spiro atoms. The summed E-state index contributed by atoms with van der Waals surface area (Å²) in [6.45, 7) is 2.30. The maximum Gasteiger partial charge on any atom is 0.241 e. The number of hydrogen-bond donors (Lipinski definition) is 2. The third-order valence-electron chi connectivity index (χ3n) is 11.2. The molecule has 0 saturated carbocycles. The Morgan fingerprint density at radius 3 is 1.29 bits per heavy atom. The predicted molar refractivity (Wildman–Crippen MR) is 235 cm³/mol. The second-order valence-corrected chi connectivity index (χ2v) is 17.6. The third kappa shape index (κ3) is 9.10. The molecule has 4 N–H and O–H groups in total. The van der Waals surface area contributed by atoms with E-state index in [1.807, 2.05) is 58.3 Å². The summed E-state index contributed by atoms with van der Waals surface area (Å²) < 4.78 is 4.11. The standard InChI is InChI=1S/C46H50N8O2S2/c47-37(45(55)51-25-27-53-43(29-39(49-53)35-17-9-3-10-18-35)41(51)23-21-33-13-5-1-6-14-33)31-57-58-32-38(48)46(56)52-26-28-54-44(30-40(50-54)36-19-11-4-12-20-36)42(52)24-22-34-15-7-2-8-16-34/h1-20,29-30,37-38,41-42H,21-28,31-32,47-48H2/t37-,38-,41?,42?/m0/s1. The van der Waals surface area contributed by atoms with E-state index in [0.717, 1.165) is 59.6 Å². The van der Waals surface area contributed by atoms with Crippen LogP contribution in [-0.2, 0) is 35.5 Å². The van der Waals surface area contributed by atoms with Crippen LogP contribution in [0.1, 0.15) is 47.4 Å². The molecule has 2 aliphatic heterocycles. The number of aromatic nitrogens is 4. The van der Waals surface area contributed by atoms with Gasteiger partial charge in [-0.1, -0.05) is 143 Å². The molecule has 2 amide bonds. The smallest absolute Gasteiger partial charge is 0.241 e. The Hall–Kier alpha value is -5.14. The molecule has 2 aromatic heterocycles. The van der Waals surface area contributed by atoms with Crippen LogP contribution in [0.25, 0.3) is 22.5 Å². The van der Waals surface area contributed by atoms with Crippen molar-refractivity contribution in [3.8, 4) is 22.5 Å². The lowest BCUT2D eigenvalue weighted by Crippen LogP contribution is -2.50. The second-order valence-electron chi connectivity index (χ2n) is 15.0. The minimum atomic E-state index is -0.699. The third-order valence-corrected chi connectivity index (χ3v) is 13.7. The molecule has 4 atom stereocenters. The molecular formula is C46H50N8O2S2. The number of hydrogen-bond acceptors (Lipinski definition) is 8. The highest BCUT2D eigenvalue weighted by Crippen LogP contribution is 2.36. The first-order valence-corrected chi connectivity index (χ1v) is 22.6. The first-order chi connectivity index (χ1) is 28.4. The summed E-state index contributed by atoms with van der Waals surface area (Å²) >= 11 is 0. The zero-order valence-electron chi connectivity index (χ0n) is 32.6. The zero-order chi connectivity index (χ0) is 39.8. The molecule has 0 fully saturated rings. The van der Waals surface area contributed by atoms with Crippen LogP contribution >= 0.6 is 21.6 Å². The van der Waals surface area contributed by atoms with Crippen molar-refractivity contribution in [2.45, 2.75) is 62.9 Å². The number of carbonyl (C=O) groups is 2. The van der Waals surface area contributed by atoms with Crippen molar-refractivity contribution in [3.63, 3.8) is 0 Å². The lowest BCUT2D eigenvalue weighted by molar-refractivity contribution is -0.136. The van der Waals surface area contributed by atoms with E-state index >= 15 is 0 Å². The average Bonchev–Trinajstić information content (AvgIpc) is 3.92. The van der Waals surface area contributed by atoms with Crippen LogP contribution in [0.2, 0.25) is 0 Å². The first-order valence-electron chi connectivity index (χ1n) is 20.1. The first kappa shape index (κ1) is 39.7. The number of rotatable bonds is 15. The van der Waals surface area contributed by atoms with Crippen molar-refractivity contribution < 1.29 is 9.59 Å². The molecule has 4 heterocycles. The normalized spacial score (nSPS) is 17.3. The number of nitrogens with two attached hydrogens (primary N) is 2. The molecule has 298 valence electrons. The molecule has 0 bridgehead atoms. The van der Waals surface area contributed by atoms with Gasteiger partial charge >= 0.3 is 0 Å².